The Balaban J connectivity index is 2.38. The van der Waals surface area contributed by atoms with Crippen LogP contribution in [0.3, 0.4) is 0 Å². The summed E-state index contributed by atoms with van der Waals surface area (Å²) in [5.74, 6) is 0.489. The van der Waals surface area contributed by atoms with E-state index in [9.17, 15) is 8.42 Å². The van der Waals surface area contributed by atoms with Gasteiger partial charge in [0.1, 0.15) is 0 Å². The molecular formula is C15H25NO2S. The lowest BCUT2D eigenvalue weighted by atomic mass is 10.1. The molecule has 1 rings (SSSR count). The van der Waals surface area contributed by atoms with E-state index in [0.29, 0.717) is 13.0 Å². The molecule has 1 aromatic rings. The number of sulfone groups is 1. The minimum Gasteiger partial charge on any atom is -0.384 e. The maximum atomic E-state index is 11.6. The van der Waals surface area contributed by atoms with Gasteiger partial charge in [0, 0.05) is 18.0 Å². The number of benzene rings is 1. The van der Waals surface area contributed by atoms with Crippen molar-refractivity contribution in [1.29, 1.82) is 0 Å². The smallest absolute Gasteiger partial charge is 0.152 e. The molecule has 0 aromatic heterocycles. The van der Waals surface area contributed by atoms with Crippen molar-refractivity contribution >= 4 is 15.5 Å². The summed E-state index contributed by atoms with van der Waals surface area (Å²) in [6.07, 6.45) is 4.22. The van der Waals surface area contributed by atoms with Gasteiger partial charge in [-0.25, -0.2) is 8.42 Å². The lowest BCUT2D eigenvalue weighted by molar-refractivity contribution is 0.595. The summed E-state index contributed by atoms with van der Waals surface area (Å²) in [5.41, 5.74) is 2.33. The van der Waals surface area contributed by atoms with Crippen molar-refractivity contribution in [1.82, 2.24) is 0 Å². The van der Waals surface area contributed by atoms with Gasteiger partial charge in [-0.05, 0) is 37.0 Å². The number of unbranched alkanes of at least 4 members (excludes halogenated alkanes) is 1. The van der Waals surface area contributed by atoms with Crippen molar-refractivity contribution in [2.24, 2.45) is 0 Å². The second-order valence-corrected chi connectivity index (χ2v) is 7.18. The Hall–Kier alpha value is -1.03. The van der Waals surface area contributed by atoms with Gasteiger partial charge in [0.15, 0.2) is 9.84 Å². The monoisotopic (exact) mass is 283 g/mol. The zero-order valence-corrected chi connectivity index (χ0v) is 12.8. The zero-order chi connectivity index (χ0) is 14.1. The van der Waals surface area contributed by atoms with E-state index < -0.39 is 9.84 Å². The molecule has 0 bridgehead atoms. The molecular weight excluding hydrogens is 258 g/mol. The van der Waals surface area contributed by atoms with Crippen molar-refractivity contribution in [3.8, 4) is 0 Å². The minimum atomic E-state index is -2.88. The van der Waals surface area contributed by atoms with Crippen LogP contribution in [0.5, 0.6) is 0 Å². The van der Waals surface area contributed by atoms with Gasteiger partial charge in [-0.15, -0.1) is 0 Å². The molecule has 1 aromatic carbocycles. The van der Waals surface area contributed by atoms with Gasteiger partial charge in [0.25, 0.3) is 0 Å². The second kappa shape index (κ2) is 8.20. The van der Waals surface area contributed by atoms with Crippen LogP contribution in [0, 0.1) is 0 Å². The van der Waals surface area contributed by atoms with Crippen LogP contribution in [-0.4, -0.2) is 26.5 Å². The Kier molecular flexibility index (Phi) is 6.92. The largest absolute Gasteiger partial charge is 0.384 e. The molecule has 1 N–H and O–H groups in total. The van der Waals surface area contributed by atoms with Gasteiger partial charge in [0.2, 0.25) is 0 Å². The number of hydrogen-bond acceptors (Lipinski definition) is 3. The van der Waals surface area contributed by atoms with E-state index in [4.69, 9.17) is 0 Å². The Labute approximate surface area is 117 Å². The molecule has 0 aliphatic carbocycles. The standard InChI is InChI=1S/C15H25NO2S/c1-3-5-6-14-7-9-15(10-8-14)16-11-13-19(17,18)12-4-2/h7-10,16H,3-6,11-13H2,1-2H3. The topological polar surface area (TPSA) is 46.2 Å². The maximum Gasteiger partial charge on any atom is 0.152 e. The number of nitrogens with one attached hydrogen (secondary N) is 1. The quantitative estimate of drug-likeness (QED) is 0.756. The predicted molar refractivity (Wildman–Crippen MR) is 82.5 cm³/mol. The number of anilines is 1. The normalized spacial score (nSPS) is 11.5. The zero-order valence-electron chi connectivity index (χ0n) is 12.0. The van der Waals surface area contributed by atoms with Gasteiger partial charge in [-0.2, -0.15) is 0 Å². The highest BCUT2D eigenvalue weighted by molar-refractivity contribution is 7.91. The third-order valence-electron chi connectivity index (χ3n) is 3.03. The van der Waals surface area contributed by atoms with E-state index >= 15 is 0 Å². The van der Waals surface area contributed by atoms with E-state index in [1.165, 1.54) is 18.4 Å². The molecule has 0 fully saturated rings. The van der Waals surface area contributed by atoms with Gasteiger partial charge >= 0.3 is 0 Å². The molecule has 0 aliphatic rings. The second-order valence-electron chi connectivity index (χ2n) is 4.88. The SMILES string of the molecule is CCCCc1ccc(NCCS(=O)(=O)CCC)cc1. The number of rotatable bonds is 9. The predicted octanol–water partition coefficient (Wildman–Crippen LogP) is 3.27. The summed E-state index contributed by atoms with van der Waals surface area (Å²) in [7, 11) is -2.88. The summed E-state index contributed by atoms with van der Waals surface area (Å²) >= 11 is 0. The number of hydrogen-bond donors (Lipinski definition) is 1. The average molecular weight is 283 g/mol. The summed E-state index contributed by atoms with van der Waals surface area (Å²) in [5, 5.41) is 3.16. The molecule has 0 unspecified atom stereocenters. The number of aryl methyl sites for hydroxylation is 1. The van der Waals surface area contributed by atoms with E-state index in [1.54, 1.807) is 0 Å². The summed E-state index contributed by atoms with van der Waals surface area (Å²) in [6, 6.07) is 8.27. The molecule has 0 atom stereocenters. The molecule has 19 heavy (non-hydrogen) atoms. The van der Waals surface area contributed by atoms with Crippen molar-refractivity contribution in [2.45, 2.75) is 39.5 Å². The molecule has 3 nitrogen and oxygen atoms in total. The maximum absolute atomic E-state index is 11.6. The van der Waals surface area contributed by atoms with Crippen LogP contribution in [0.1, 0.15) is 38.7 Å². The first-order valence-corrected chi connectivity index (χ1v) is 8.92. The van der Waals surface area contributed by atoms with Crippen LogP contribution in [0.25, 0.3) is 0 Å². The Morgan fingerprint density at radius 2 is 1.68 bits per heavy atom. The molecule has 4 heteroatoms. The van der Waals surface area contributed by atoms with E-state index in [0.717, 1.165) is 12.1 Å². The lowest BCUT2D eigenvalue weighted by Crippen LogP contribution is -2.18. The Morgan fingerprint density at radius 3 is 2.26 bits per heavy atom. The molecule has 0 saturated carbocycles. The fourth-order valence-electron chi connectivity index (χ4n) is 1.93. The first kappa shape index (κ1) is 16.0. The van der Waals surface area contributed by atoms with Gasteiger partial charge in [0.05, 0.1) is 5.75 Å². The molecule has 0 heterocycles. The van der Waals surface area contributed by atoms with Crippen LogP contribution < -0.4 is 5.32 Å². The molecule has 0 radical (unpaired) electrons. The Morgan fingerprint density at radius 1 is 1.00 bits per heavy atom. The average Bonchev–Trinajstić information content (AvgIpc) is 2.37. The van der Waals surface area contributed by atoms with Crippen LogP contribution in [0.2, 0.25) is 0 Å². The Bertz CT molecular complexity index is 452. The van der Waals surface area contributed by atoms with Gasteiger partial charge in [-0.3, -0.25) is 0 Å². The third-order valence-corrected chi connectivity index (χ3v) is 4.89. The molecule has 108 valence electrons. The van der Waals surface area contributed by atoms with Crippen molar-refractivity contribution < 1.29 is 8.42 Å². The van der Waals surface area contributed by atoms with Gasteiger partial charge < -0.3 is 5.32 Å². The van der Waals surface area contributed by atoms with Gasteiger partial charge in [-0.1, -0.05) is 32.4 Å². The minimum absolute atomic E-state index is 0.207. The molecule has 0 spiro atoms. The highest BCUT2D eigenvalue weighted by Crippen LogP contribution is 2.11. The fourth-order valence-corrected chi connectivity index (χ4v) is 3.17. The highest BCUT2D eigenvalue weighted by atomic mass is 32.2. The van der Waals surface area contributed by atoms with Crippen LogP contribution in [-0.2, 0) is 16.3 Å². The highest BCUT2D eigenvalue weighted by Gasteiger charge is 2.08. The fraction of sp³-hybridized carbons (Fsp3) is 0.600. The lowest BCUT2D eigenvalue weighted by Gasteiger charge is -2.08. The summed E-state index contributed by atoms with van der Waals surface area (Å²) in [6.45, 7) is 4.56. The first-order chi connectivity index (χ1) is 9.07. The van der Waals surface area contributed by atoms with E-state index in [2.05, 4.69) is 24.4 Å². The summed E-state index contributed by atoms with van der Waals surface area (Å²) < 4.78 is 23.1. The van der Waals surface area contributed by atoms with Crippen LogP contribution in [0.4, 0.5) is 5.69 Å². The van der Waals surface area contributed by atoms with Crippen LogP contribution >= 0.6 is 0 Å². The van der Waals surface area contributed by atoms with Crippen LogP contribution in [0.15, 0.2) is 24.3 Å². The molecule has 0 amide bonds. The third kappa shape index (κ3) is 6.62. The van der Waals surface area contributed by atoms with Crippen molar-refractivity contribution in [2.75, 3.05) is 23.4 Å². The first-order valence-electron chi connectivity index (χ1n) is 7.10. The molecule has 0 saturated heterocycles. The van der Waals surface area contributed by atoms with Crippen molar-refractivity contribution in [3.05, 3.63) is 29.8 Å². The van der Waals surface area contributed by atoms with Crippen molar-refractivity contribution in [3.63, 3.8) is 0 Å². The van der Waals surface area contributed by atoms with E-state index in [-0.39, 0.29) is 11.5 Å². The summed E-state index contributed by atoms with van der Waals surface area (Å²) in [4.78, 5) is 0. The molecule has 0 aliphatic heterocycles. The van der Waals surface area contributed by atoms with E-state index in [1.807, 2.05) is 19.1 Å².